The van der Waals surface area contributed by atoms with Gasteiger partial charge >= 0.3 is 5.97 Å². The summed E-state index contributed by atoms with van der Waals surface area (Å²) in [6, 6.07) is 0. The highest BCUT2D eigenvalue weighted by Crippen LogP contribution is 2.77. The Morgan fingerprint density at radius 2 is 1.59 bits per heavy atom. The van der Waals surface area contributed by atoms with Crippen molar-refractivity contribution in [3.05, 3.63) is 0 Å². The molecule has 1 spiro atoms. The third-order valence-corrected chi connectivity index (χ3v) is 12.6. The number of ether oxygens (including phenoxy) is 1. The molecule has 0 aromatic carbocycles. The lowest BCUT2D eigenvalue weighted by Crippen LogP contribution is -2.76. The van der Waals surface area contributed by atoms with E-state index in [4.69, 9.17) is 4.74 Å². The number of ketones is 1. The van der Waals surface area contributed by atoms with Crippen molar-refractivity contribution in [3.63, 3.8) is 0 Å². The summed E-state index contributed by atoms with van der Waals surface area (Å²) in [5.41, 5.74) is 0.129. The predicted molar refractivity (Wildman–Crippen MR) is 130 cm³/mol. The molecule has 0 bridgehead atoms. The number of rotatable bonds is 3. The van der Waals surface area contributed by atoms with Gasteiger partial charge in [-0.2, -0.15) is 0 Å². The van der Waals surface area contributed by atoms with Gasteiger partial charge < -0.3 is 14.9 Å². The van der Waals surface area contributed by atoms with E-state index in [2.05, 4.69) is 27.7 Å². The van der Waals surface area contributed by atoms with Crippen LogP contribution in [0.1, 0.15) is 99.3 Å². The predicted octanol–water partition coefficient (Wildman–Crippen LogP) is 4.91. The maximum absolute atomic E-state index is 12.7. The molecule has 0 aromatic heterocycles. The quantitative estimate of drug-likeness (QED) is 0.568. The first-order valence-corrected chi connectivity index (χ1v) is 13.9. The van der Waals surface area contributed by atoms with Crippen LogP contribution in [0.25, 0.3) is 0 Å². The fourth-order valence-electron chi connectivity index (χ4n) is 11.3. The second-order valence-electron chi connectivity index (χ2n) is 13.8. The van der Waals surface area contributed by atoms with Crippen molar-refractivity contribution in [3.8, 4) is 0 Å². The molecule has 2 N–H and O–H groups in total. The first-order chi connectivity index (χ1) is 15.8. The molecule has 12 atom stereocenters. The Bertz CT molecular complexity index is 871. The summed E-state index contributed by atoms with van der Waals surface area (Å²) in [4.78, 5) is 25.0. The Balaban J connectivity index is 1.62. The van der Waals surface area contributed by atoms with Gasteiger partial charge in [0.15, 0.2) is 0 Å². The molecule has 34 heavy (non-hydrogen) atoms. The zero-order chi connectivity index (χ0) is 24.8. The highest BCUT2D eigenvalue weighted by atomic mass is 16.5. The van der Waals surface area contributed by atoms with E-state index in [0.717, 1.165) is 12.8 Å². The molecule has 5 aliphatic rings. The number of aliphatic hydroxyl groups excluding tert-OH is 2. The molecular weight excluding hydrogens is 428 g/mol. The second-order valence-corrected chi connectivity index (χ2v) is 13.8. The summed E-state index contributed by atoms with van der Waals surface area (Å²) in [6.07, 6.45) is 7.60. The Morgan fingerprint density at radius 1 is 0.912 bits per heavy atom. The number of fused-ring (bicyclic) bond motifs is 4. The van der Waals surface area contributed by atoms with E-state index in [1.54, 1.807) is 6.92 Å². The van der Waals surface area contributed by atoms with Crippen LogP contribution in [-0.4, -0.2) is 40.3 Å². The lowest BCUT2D eigenvalue weighted by atomic mass is 9.29. The van der Waals surface area contributed by atoms with E-state index in [9.17, 15) is 19.8 Å². The lowest BCUT2D eigenvalue weighted by molar-refractivity contribution is -0.323. The molecule has 0 radical (unpaired) electrons. The first kappa shape index (κ1) is 24.7. The Hall–Kier alpha value is -0.940. The number of carbonyl (C=O) groups is 2. The Morgan fingerprint density at radius 3 is 2.18 bits per heavy atom. The van der Waals surface area contributed by atoms with Crippen molar-refractivity contribution >= 4 is 11.8 Å². The Labute approximate surface area is 205 Å². The van der Waals surface area contributed by atoms with Crippen molar-refractivity contribution in [2.75, 3.05) is 0 Å². The minimum absolute atomic E-state index is 0.00895. The summed E-state index contributed by atoms with van der Waals surface area (Å²) < 4.78 is 6.15. The van der Waals surface area contributed by atoms with E-state index in [-0.39, 0.29) is 40.5 Å². The van der Waals surface area contributed by atoms with E-state index in [0.29, 0.717) is 30.1 Å². The Kier molecular flexibility index (Phi) is 5.66. The van der Waals surface area contributed by atoms with Gasteiger partial charge in [0.05, 0.1) is 12.2 Å². The van der Waals surface area contributed by atoms with E-state index in [1.807, 2.05) is 0 Å². The second kappa shape index (κ2) is 7.78. The van der Waals surface area contributed by atoms with Gasteiger partial charge in [-0.3, -0.25) is 9.59 Å². The molecule has 5 rings (SSSR count). The van der Waals surface area contributed by atoms with Crippen molar-refractivity contribution in [1.82, 2.24) is 0 Å². The van der Waals surface area contributed by atoms with Crippen molar-refractivity contribution < 1.29 is 24.5 Å². The van der Waals surface area contributed by atoms with Gasteiger partial charge in [-0.25, -0.2) is 0 Å². The molecule has 0 saturated heterocycles. The van der Waals surface area contributed by atoms with Gasteiger partial charge in [0, 0.05) is 24.2 Å². The minimum Gasteiger partial charge on any atom is -0.462 e. The molecule has 5 heteroatoms. The molecular formula is C29H46O5. The van der Waals surface area contributed by atoms with Crippen LogP contribution in [0.3, 0.4) is 0 Å². The SMILES string of the molecule is CCC1(C)CCCC2(C)C1CCC1(C)C2CC(OC(C)=O)C23CC(O)C2C(C(C)=O)C(O)CC13. The molecule has 5 aliphatic carbocycles. The number of hydrogen-bond acceptors (Lipinski definition) is 5. The number of aliphatic hydroxyl groups is 2. The minimum atomic E-state index is -0.734. The van der Waals surface area contributed by atoms with Crippen LogP contribution in [0.15, 0.2) is 0 Å². The molecule has 12 unspecified atom stereocenters. The van der Waals surface area contributed by atoms with E-state index >= 15 is 0 Å². The van der Waals surface area contributed by atoms with Crippen LogP contribution in [-0.2, 0) is 14.3 Å². The average molecular weight is 475 g/mol. The maximum atomic E-state index is 12.7. The summed E-state index contributed by atoms with van der Waals surface area (Å²) in [6.45, 7) is 12.8. The highest BCUT2D eigenvalue weighted by Gasteiger charge is 2.76. The van der Waals surface area contributed by atoms with Crippen LogP contribution in [0.5, 0.6) is 0 Å². The molecule has 5 nitrogen and oxygen atoms in total. The summed E-state index contributed by atoms with van der Waals surface area (Å²) >= 11 is 0. The molecule has 0 amide bonds. The van der Waals surface area contributed by atoms with Crippen LogP contribution >= 0.6 is 0 Å². The van der Waals surface area contributed by atoms with Gasteiger partial charge in [0.25, 0.3) is 0 Å². The molecule has 192 valence electrons. The first-order valence-electron chi connectivity index (χ1n) is 13.9. The average Bonchev–Trinajstić information content (AvgIpc) is 2.74. The molecule has 0 aliphatic heterocycles. The third kappa shape index (κ3) is 2.98. The molecule has 0 heterocycles. The van der Waals surface area contributed by atoms with Gasteiger partial charge in [-0.05, 0) is 85.9 Å². The van der Waals surface area contributed by atoms with Crippen LogP contribution in [0.2, 0.25) is 0 Å². The fourth-order valence-corrected chi connectivity index (χ4v) is 11.3. The van der Waals surface area contributed by atoms with E-state index < -0.39 is 23.5 Å². The summed E-state index contributed by atoms with van der Waals surface area (Å²) in [7, 11) is 0. The number of esters is 1. The van der Waals surface area contributed by atoms with Gasteiger partial charge in [0.2, 0.25) is 0 Å². The van der Waals surface area contributed by atoms with Crippen LogP contribution in [0.4, 0.5) is 0 Å². The zero-order valence-electron chi connectivity index (χ0n) is 22.1. The number of Topliss-reactive ketones (excluding diaryl/α,β-unsaturated/α-hetero) is 1. The van der Waals surface area contributed by atoms with Crippen molar-refractivity contribution in [2.24, 2.45) is 51.2 Å². The van der Waals surface area contributed by atoms with Gasteiger partial charge in [-0.1, -0.05) is 40.5 Å². The number of hydrogen-bond donors (Lipinski definition) is 2. The standard InChI is InChI=1S/C29H46O5/c1-7-26(4)10-8-11-27(5)20(26)9-12-28(6)21(27)14-23(34-17(3)31)29-15-19(33)25(29)24(16(2)30)18(32)13-22(28)29/h18-25,32-33H,7-15H2,1-6H3. The highest BCUT2D eigenvalue weighted by molar-refractivity contribution is 5.80. The normalized spacial score (nSPS) is 56.1. The lowest BCUT2D eigenvalue weighted by Gasteiger charge is -2.76. The largest absolute Gasteiger partial charge is 0.462 e. The zero-order valence-corrected chi connectivity index (χ0v) is 22.1. The third-order valence-electron chi connectivity index (χ3n) is 12.6. The van der Waals surface area contributed by atoms with Crippen LogP contribution in [0, 0.1) is 51.2 Å². The van der Waals surface area contributed by atoms with Gasteiger partial charge in [0.1, 0.15) is 11.9 Å². The molecule has 5 fully saturated rings. The molecule has 5 saturated carbocycles. The topological polar surface area (TPSA) is 83.8 Å². The fraction of sp³-hybridized carbons (Fsp3) is 0.931. The van der Waals surface area contributed by atoms with Crippen molar-refractivity contribution in [1.29, 1.82) is 0 Å². The summed E-state index contributed by atoms with van der Waals surface area (Å²) in [5.74, 6) is 0.00235. The monoisotopic (exact) mass is 474 g/mol. The molecule has 0 aromatic rings. The summed E-state index contributed by atoms with van der Waals surface area (Å²) in [5, 5.41) is 22.2. The van der Waals surface area contributed by atoms with E-state index in [1.165, 1.54) is 39.0 Å². The van der Waals surface area contributed by atoms with Crippen molar-refractivity contribution in [2.45, 2.75) is 118 Å². The smallest absolute Gasteiger partial charge is 0.302 e. The van der Waals surface area contributed by atoms with Gasteiger partial charge in [-0.15, -0.1) is 0 Å². The van der Waals surface area contributed by atoms with Crippen LogP contribution < -0.4 is 0 Å². The number of carbonyl (C=O) groups excluding carboxylic acids is 2. The maximum Gasteiger partial charge on any atom is 0.302 e.